The van der Waals surface area contributed by atoms with Crippen LogP contribution in [0.2, 0.25) is 0 Å². The number of benzene rings is 1. The number of piperazine rings is 1. The lowest BCUT2D eigenvalue weighted by atomic mass is 10.2. The highest BCUT2D eigenvalue weighted by Crippen LogP contribution is 2.18. The normalized spacial score (nSPS) is 15.7. The molecule has 0 aromatic heterocycles. The van der Waals surface area contributed by atoms with Crippen molar-refractivity contribution in [1.82, 2.24) is 14.5 Å². The van der Waals surface area contributed by atoms with Crippen molar-refractivity contribution in [2.75, 3.05) is 64.6 Å². The largest absolute Gasteiger partial charge is 0.378 e. The van der Waals surface area contributed by atoms with Gasteiger partial charge in [0.05, 0.1) is 24.2 Å². The van der Waals surface area contributed by atoms with Crippen LogP contribution in [0.1, 0.15) is 19.4 Å². The maximum atomic E-state index is 14.2. The Bertz CT molecular complexity index is 828. The lowest BCUT2D eigenvalue weighted by Gasteiger charge is -2.35. The molecule has 0 atom stereocenters. The molecule has 1 aliphatic rings. The van der Waals surface area contributed by atoms with Crippen LogP contribution in [-0.4, -0.2) is 89.4 Å². The molecule has 0 amide bonds. The Balaban J connectivity index is 0.00000480. The molecule has 1 N–H and O–H groups in total. The number of hydrogen-bond donors (Lipinski definition) is 1. The second kappa shape index (κ2) is 12.8. The van der Waals surface area contributed by atoms with Gasteiger partial charge in [-0.1, -0.05) is 6.07 Å². The molecule has 8 nitrogen and oxygen atoms in total. The lowest BCUT2D eigenvalue weighted by molar-refractivity contribution is 0.0904. The van der Waals surface area contributed by atoms with Gasteiger partial charge in [-0.25, -0.2) is 12.8 Å². The minimum Gasteiger partial charge on any atom is -0.378 e. The lowest BCUT2D eigenvalue weighted by Crippen LogP contribution is -2.54. The first-order valence-electron chi connectivity index (χ1n) is 10.1. The Morgan fingerprint density at radius 2 is 1.90 bits per heavy atom. The number of halogens is 2. The first-order chi connectivity index (χ1) is 14.1. The Kier molecular flexibility index (Phi) is 11.5. The van der Waals surface area contributed by atoms with Crippen LogP contribution in [0.15, 0.2) is 23.2 Å². The fourth-order valence-corrected chi connectivity index (χ4v) is 4.52. The SMILES string of the molecule is CN=C(NCc1ccc(N(C)C)c(F)c1)N1CCN(S(=O)(=O)CCOC(C)C)CC1.I. The van der Waals surface area contributed by atoms with Gasteiger partial charge in [-0.3, -0.25) is 4.99 Å². The quantitative estimate of drug-likeness (QED) is 0.292. The maximum Gasteiger partial charge on any atom is 0.216 e. The first-order valence-corrected chi connectivity index (χ1v) is 11.8. The van der Waals surface area contributed by atoms with Crippen molar-refractivity contribution >= 4 is 45.6 Å². The molecule has 0 saturated carbocycles. The van der Waals surface area contributed by atoms with Gasteiger partial charge in [-0.05, 0) is 31.5 Å². The van der Waals surface area contributed by atoms with E-state index in [1.54, 1.807) is 32.1 Å². The van der Waals surface area contributed by atoms with Crippen LogP contribution < -0.4 is 10.2 Å². The highest BCUT2D eigenvalue weighted by Gasteiger charge is 2.28. The Morgan fingerprint density at radius 3 is 2.42 bits per heavy atom. The van der Waals surface area contributed by atoms with E-state index in [-0.39, 0.29) is 48.3 Å². The number of sulfonamides is 1. The summed E-state index contributed by atoms with van der Waals surface area (Å²) in [6, 6.07) is 5.14. The van der Waals surface area contributed by atoms with E-state index in [9.17, 15) is 12.8 Å². The van der Waals surface area contributed by atoms with Crippen molar-refractivity contribution in [3.8, 4) is 0 Å². The Hall–Kier alpha value is -1.18. The molecule has 0 spiro atoms. The number of rotatable bonds is 8. The molecule has 178 valence electrons. The van der Waals surface area contributed by atoms with Gasteiger partial charge in [0.1, 0.15) is 5.82 Å². The predicted molar refractivity (Wildman–Crippen MR) is 134 cm³/mol. The Morgan fingerprint density at radius 1 is 1.26 bits per heavy atom. The summed E-state index contributed by atoms with van der Waals surface area (Å²) in [7, 11) is 1.96. The zero-order valence-corrected chi connectivity index (χ0v) is 22.1. The van der Waals surface area contributed by atoms with Gasteiger partial charge in [0.2, 0.25) is 10.0 Å². The van der Waals surface area contributed by atoms with Gasteiger partial charge in [-0.15, -0.1) is 24.0 Å². The summed E-state index contributed by atoms with van der Waals surface area (Å²) < 4.78 is 46.0. The standard InChI is InChI=1S/C20H34FN5O3S.HI/c1-16(2)29-12-13-30(27,28)26-10-8-25(9-11-26)20(22-3)23-15-17-6-7-19(24(4)5)18(21)14-17;/h6-7,14,16H,8-13,15H2,1-5H3,(H,22,23);1H. The fourth-order valence-electron chi connectivity index (χ4n) is 3.23. The van der Waals surface area contributed by atoms with Gasteiger partial charge in [-0.2, -0.15) is 4.31 Å². The molecule has 1 aromatic rings. The van der Waals surface area contributed by atoms with Crippen molar-refractivity contribution in [3.63, 3.8) is 0 Å². The maximum absolute atomic E-state index is 14.2. The van der Waals surface area contributed by atoms with E-state index in [4.69, 9.17) is 4.74 Å². The first kappa shape index (κ1) is 27.9. The number of anilines is 1. The van der Waals surface area contributed by atoms with E-state index in [1.165, 1.54) is 10.4 Å². The number of aliphatic imine (C=N–C) groups is 1. The molecule has 0 aliphatic carbocycles. The average molecular weight is 572 g/mol. The monoisotopic (exact) mass is 571 g/mol. The number of hydrogen-bond acceptors (Lipinski definition) is 5. The van der Waals surface area contributed by atoms with Crippen LogP contribution in [0.3, 0.4) is 0 Å². The van der Waals surface area contributed by atoms with Crippen LogP contribution in [0.25, 0.3) is 0 Å². The molecule has 1 saturated heterocycles. The van der Waals surface area contributed by atoms with Gasteiger partial charge >= 0.3 is 0 Å². The number of guanidine groups is 1. The summed E-state index contributed by atoms with van der Waals surface area (Å²) in [4.78, 5) is 8.04. The van der Waals surface area contributed by atoms with Gasteiger partial charge in [0.15, 0.2) is 5.96 Å². The molecule has 1 aromatic carbocycles. The topological polar surface area (TPSA) is 77.5 Å². The minimum absolute atomic E-state index is 0. The zero-order valence-electron chi connectivity index (χ0n) is 19.0. The van der Waals surface area contributed by atoms with Crippen LogP contribution in [0.5, 0.6) is 0 Å². The predicted octanol–water partition coefficient (Wildman–Crippen LogP) is 1.96. The molecule has 0 bridgehead atoms. The van der Waals surface area contributed by atoms with E-state index in [0.29, 0.717) is 44.4 Å². The molecule has 11 heteroatoms. The number of ether oxygens (including phenoxy) is 1. The highest BCUT2D eigenvalue weighted by atomic mass is 127. The third-order valence-corrected chi connectivity index (χ3v) is 6.71. The van der Waals surface area contributed by atoms with Crippen LogP contribution >= 0.6 is 24.0 Å². The zero-order chi connectivity index (χ0) is 22.3. The Labute approximate surface area is 202 Å². The highest BCUT2D eigenvalue weighted by molar-refractivity contribution is 14.0. The molecule has 2 rings (SSSR count). The van der Waals surface area contributed by atoms with Crippen molar-refractivity contribution < 1.29 is 17.5 Å². The molecule has 31 heavy (non-hydrogen) atoms. The summed E-state index contributed by atoms with van der Waals surface area (Å²) in [5.41, 5.74) is 1.35. The third-order valence-electron chi connectivity index (χ3n) is 4.88. The van der Waals surface area contributed by atoms with E-state index < -0.39 is 10.0 Å². The van der Waals surface area contributed by atoms with E-state index in [0.717, 1.165) is 5.56 Å². The van der Waals surface area contributed by atoms with E-state index in [1.807, 2.05) is 24.8 Å². The summed E-state index contributed by atoms with van der Waals surface area (Å²) in [5.74, 6) is 0.397. The van der Waals surface area contributed by atoms with Crippen LogP contribution in [-0.2, 0) is 21.3 Å². The minimum atomic E-state index is -3.33. The van der Waals surface area contributed by atoms with Crippen LogP contribution in [0.4, 0.5) is 10.1 Å². The third kappa shape index (κ3) is 8.35. The molecular formula is C20H35FIN5O3S. The van der Waals surface area contributed by atoms with Crippen LogP contribution in [0, 0.1) is 5.82 Å². The summed E-state index contributed by atoms with van der Waals surface area (Å²) in [6.07, 6.45) is 0.0130. The second-order valence-corrected chi connectivity index (χ2v) is 9.79. The molecular weight excluding hydrogens is 536 g/mol. The van der Waals surface area contributed by atoms with E-state index >= 15 is 0 Å². The van der Waals surface area contributed by atoms with Crippen molar-refractivity contribution in [1.29, 1.82) is 0 Å². The summed E-state index contributed by atoms with van der Waals surface area (Å²) in [5, 5.41) is 3.24. The van der Waals surface area contributed by atoms with Gasteiger partial charge in [0.25, 0.3) is 0 Å². The smallest absolute Gasteiger partial charge is 0.216 e. The molecule has 1 heterocycles. The molecule has 0 radical (unpaired) electrons. The van der Waals surface area contributed by atoms with Gasteiger partial charge in [0, 0.05) is 53.9 Å². The van der Waals surface area contributed by atoms with Crippen molar-refractivity contribution in [2.24, 2.45) is 4.99 Å². The molecule has 1 aliphatic heterocycles. The number of nitrogens with one attached hydrogen (secondary N) is 1. The summed E-state index contributed by atoms with van der Waals surface area (Å²) >= 11 is 0. The average Bonchev–Trinajstić information content (AvgIpc) is 2.68. The molecule has 0 unspecified atom stereocenters. The molecule has 1 fully saturated rings. The van der Waals surface area contributed by atoms with Crippen molar-refractivity contribution in [3.05, 3.63) is 29.6 Å². The number of nitrogens with zero attached hydrogens (tertiary/aromatic N) is 4. The van der Waals surface area contributed by atoms with Gasteiger partial charge < -0.3 is 19.9 Å². The fraction of sp³-hybridized carbons (Fsp3) is 0.650. The second-order valence-electron chi connectivity index (χ2n) is 7.70. The van der Waals surface area contributed by atoms with Crippen molar-refractivity contribution in [2.45, 2.75) is 26.5 Å². The van der Waals surface area contributed by atoms with E-state index in [2.05, 4.69) is 10.3 Å². The summed E-state index contributed by atoms with van der Waals surface area (Å²) in [6.45, 7) is 6.28.